The number of fused-ring (bicyclic) bond motifs is 2. The average Bonchev–Trinajstić information content (AvgIpc) is 3.15. The quantitative estimate of drug-likeness (QED) is 0.638. The molecule has 0 spiro atoms. The van der Waals surface area contributed by atoms with Crippen molar-refractivity contribution in [2.45, 2.75) is 38.8 Å². The molecule has 0 fully saturated rings. The molecule has 0 bridgehead atoms. The van der Waals surface area contributed by atoms with Crippen LogP contribution in [0.15, 0.2) is 48.5 Å². The lowest BCUT2D eigenvalue weighted by atomic mass is 9.86. The minimum absolute atomic E-state index is 0.0213. The van der Waals surface area contributed by atoms with Crippen molar-refractivity contribution in [3.63, 3.8) is 0 Å². The van der Waals surface area contributed by atoms with Gasteiger partial charge in [-0.25, -0.2) is 0 Å². The van der Waals surface area contributed by atoms with Gasteiger partial charge in [-0.15, -0.1) is 0 Å². The first-order valence-corrected chi connectivity index (χ1v) is 10.9. The third-order valence-corrected chi connectivity index (χ3v) is 6.27. The largest absolute Gasteiger partial charge is 0.486 e. The summed E-state index contributed by atoms with van der Waals surface area (Å²) in [5, 5.41) is 4.47. The molecule has 6 nitrogen and oxygen atoms in total. The summed E-state index contributed by atoms with van der Waals surface area (Å²) in [4.78, 5) is 15.7. The standard InChI is InChI=1S/C25H27N3O3/c1-17-14-21(26-27(17)2)25(29)28(22-9-5-7-19-6-3-4-8-20(19)22)16-18-10-11-23-24(15-18)31-13-12-30-23/h3-4,6,8,10-11,14-15,22H,5,7,9,12-13,16H2,1-2H3/t22-/m0/s1. The zero-order valence-corrected chi connectivity index (χ0v) is 18.0. The molecule has 2 aliphatic rings. The van der Waals surface area contributed by atoms with Crippen molar-refractivity contribution in [2.75, 3.05) is 13.2 Å². The number of benzene rings is 2. The van der Waals surface area contributed by atoms with E-state index in [-0.39, 0.29) is 11.9 Å². The second kappa shape index (κ2) is 8.10. The molecule has 1 aliphatic heterocycles. The molecule has 0 N–H and O–H groups in total. The maximum absolute atomic E-state index is 13.7. The van der Waals surface area contributed by atoms with E-state index in [0.29, 0.717) is 25.5 Å². The van der Waals surface area contributed by atoms with Crippen LogP contribution in [0.3, 0.4) is 0 Å². The van der Waals surface area contributed by atoms with Crippen molar-refractivity contribution in [2.24, 2.45) is 7.05 Å². The molecule has 160 valence electrons. The lowest BCUT2D eigenvalue weighted by Gasteiger charge is -2.36. The Morgan fingerprint density at radius 3 is 2.74 bits per heavy atom. The van der Waals surface area contributed by atoms with Gasteiger partial charge in [0.2, 0.25) is 0 Å². The Balaban J connectivity index is 1.52. The number of carbonyl (C=O) groups is 1. The van der Waals surface area contributed by atoms with Crippen LogP contribution >= 0.6 is 0 Å². The van der Waals surface area contributed by atoms with Crippen molar-refractivity contribution in [3.8, 4) is 11.5 Å². The Morgan fingerprint density at radius 2 is 1.94 bits per heavy atom. The van der Waals surface area contributed by atoms with Gasteiger partial charge < -0.3 is 14.4 Å². The van der Waals surface area contributed by atoms with E-state index in [9.17, 15) is 4.79 Å². The molecular weight excluding hydrogens is 390 g/mol. The molecule has 0 radical (unpaired) electrons. The number of carbonyl (C=O) groups excluding carboxylic acids is 1. The molecule has 6 heteroatoms. The Morgan fingerprint density at radius 1 is 1.13 bits per heavy atom. The molecule has 31 heavy (non-hydrogen) atoms. The average molecular weight is 418 g/mol. The Bertz CT molecular complexity index is 1100. The zero-order chi connectivity index (χ0) is 21.4. The van der Waals surface area contributed by atoms with Crippen LogP contribution in [0, 0.1) is 6.92 Å². The summed E-state index contributed by atoms with van der Waals surface area (Å²) in [5.41, 5.74) is 5.05. The van der Waals surface area contributed by atoms with E-state index in [1.54, 1.807) is 4.68 Å². The van der Waals surface area contributed by atoms with Crippen LogP contribution in [0.25, 0.3) is 0 Å². The van der Waals surface area contributed by atoms with Crippen LogP contribution in [0.2, 0.25) is 0 Å². The van der Waals surface area contributed by atoms with Crippen molar-refractivity contribution >= 4 is 5.91 Å². The predicted octanol–water partition coefficient (Wildman–Crippen LogP) is 4.22. The molecule has 0 saturated heterocycles. The minimum atomic E-state index is -0.0414. The summed E-state index contributed by atoms with van der Waals surface area (Å²) < 4.78 is 13.2. The maximum Gasteiger partial charge on any atom is 0.275 e. The molecule has 1 aliphatic carbocycles. The van der Waals surface area contributed by atoms with Crippen molar-refractivity contribution in [3.05, 3.63) is 76.6 Å². The third kappa shape index (κ3) is 3.78. The monoisotopic (exact) mass is 417 g/mol. The van der Waals surface area contributed by atoms with Gasteiger partial charge in [0.05, 0.1) is 6.04 Å². The SMILES string of the molecule is Cc1cc(C(=O)N(Cc2ccc3c(c2)OCCO3)[C@H]2CCCc3ccccc32)nn1C. The lowest BCUT2D eigenvalue weighted by molar-refractivity contribution is 0.0630. The van der Waals surface area contributed by atoms with Crippen LogP contribution < -0.4 is 9.47 Å². The summed E-state index contributed by atoms with van der Waals surface area (Å²) in [5.74, 6) is 1.46. The molecule has 1 amide bonds. The van der Waals surface area contributed by atoms with E-state index in [4.69, 9.17) is 9.47 Å². The molecule has 0 unspecified atom stereocenters. The first kappa shape index (κ1) is 19.7. The van der Waals surface area contributed by atoms with E-state index >= 15 is 0 Å². The summed E-state index contributed by atoms with van der Waals surface area (Å²) in [7, 11) is 1.87. The number of aromatic nitrogens is 2. The van der Waals surface area contributed by atoms with Crippen LogP contribution in [-0.4, -0.2) is 33.8 Å². The number of hydrogen-bond acceptors (Lipinski definition) is 4. The predicted molar refractivity (Wildman–Crippen MR) is 117 cm³/mol. The summed E-state index contributed by atoms with van der Waals surface area (Å²) in [6.45, 7) is 3.56. The molecule has 1 atom stereocenters. The Hall–Kier alpha value is -3.28. The van der Waals surface area contributed by atoms with Gasteiger partial charge in [0.25, 0.3) is 5.91 Å². The normalized spacial score (nSPS) is 17.2. The summed E-state index contributed by atoms with van der Waals surface area (Å²) >= 11 is 0. The highest BCUT2D eigenvalue weighted by molar-refractivity contribution is 5.92. The van der Waals surface area contributed by atoms with E-state index < -0.39 is 0 Å². The first-order chi connectivity index (χ1) is 15.1. The van der Waals surface area contributed by atoms with Crippen LogP contribution in [-0.2, 0) is 20.0 Å². The summed E-state index contributed by atoms with van der Waals surface area (Å²) in [6, 6.07) is 16.3. The topological polar surface area (TPSA) is 56.6 Å². The molecule has 2 aromatic carbocycles. The van der Waals surface area contributed by atoms with Crippen LogP contribution in [0.5, 0.6) is 11.5 Å². The van der Waals surface area contributed by atoms with Gasteiger partial charge in [-0.2, -0.15) is 5.10 Å². The highest BCUT2D eigenvalue weighted by Crippen LogP contribution is 2.37. The maximum atomic E-state index is 13.7. The van der Waals surface area contributed by atoms with E-state index in [1.165, 1.54) is 11.1 Å². The number of aryl methyl sites for hydroxylation is 3. The van der Waals surface area contributed by atoms with Gasteiger partial charge in [-0.1, -0.05) is 30.3 Å². The van der Waals surface area contributed by atoms with Crippen molar-refractivity contribution < 1.29 is 14.3 Å². The fourth-order valence-electron chi connectivity index (χ4n) is 4.57. The van der Waals surface area contributed by atoms with Gasteiger partial charge >= 0.3 is 0 Å². The zero-order valence-electron chi connectivity index (χ0n) is 18.0. The molecule has 2 heterocycles. The van der Waals surface area contributed by atoms with Gasteiger partial charge in [0.15, 0.2) is 17.2 Å². The number of hydrogen-bond donors (Lipinski definition) is 0. The lowest BCUT2D eigenvalue weighted by Crippen LogP contribution is -2.36. The first-order valence-electron chi connectivity index (χ1n) is 10.9. The molecule has 3 aromatic rings. The fraction of sp³-hybridized carbons (Fsp3) is 0.360. The van der Waals surface area contributed by atoms with Crippen LogP contribution in [0.1, 0.15) is 51.8 Å². The van der Waals surface area contributed by atoms with E-state index in [0.717, 1.165) is 42.0 Å². The molecular formula is C25H27N3O3. The molecule has 1 aromatic heterocycles. The molecule has 0 saturated carbocycles. The second-order valence-electron chi connectivity index (χ2n) is 8.31. The minimum Gasteiger partial charge on any atom is -0.486 e. The van der Waals surface area contributed by atoms with Gasteiger partial charge in [0.1, 0.15) is 13.2 Å². The smallest absolute Gasteiger partial charge is 0.275 e. The Labute approximate surface area is 182 Å². The van der Waals surface area contributed by atoms with Gasteiger partial charge in [-0.3, -0.25) is 9.48 Å². The van der Waals surface area contributed by atoms with Crippen molar-refractivity contribution in [1.29, 1.82) is 0 Å². The number of rotatable bonds is 4. The van der Waals surface area contributed by atoms with E-state index in [1.807, 2.05) is 43.1 Å². The van der Waals surface area contributed by atoms with E-state index in [2.05, 4.69) is 29.4 Å². The highest BCUT2D eigenvalue weighted by atomic mass is 16.6. The van der Waals surface area contributed by atoms with Gasteiger partial charge in [0, 0.05) is 19.3 Å². The van der Waals surface area contributed by atoms with Gasteiger partial charge in [-0.05, 0) is 61.1 Å². The van der Waals surface area contributed by atoms with Crippen LogP contribution in [0.4, 0.5) is 0 Å². The number of amides is 1. The highest BCUT2D eigenvalue weighted by Gasteiger charge is 2.31. The second-order valence-corrected chi connectivity index (χ2v) is 8.31. The third-order valence-electron chi connectivity index (χ3n) is 6.27. The fourth-order valence-corrected chi connectivity index (χ4v) is 4.57. The Kier molecular flexibility index (Phi) is 5.14. The van der Waals surface area contributed by atoms with Crippen molar-refractivity contribution in [1.82, 2.24) is 14.7 Å². The molecule has 5 rings (SSSR count). The number of nitrogens with zero attached hydrogens (tertiary/aromatic N) is 3. The summed E-state index contributed by atoms with van der Waals surface area (Å²) in [6.07, 6.45) is 3.06. The number of ether oxygens (including phenoxy) is 2.